The van der Waals surface area contributed by atoms with Crippen LogP contribution in [0.3, 0.4) is 0 Å². The Hall–Kier alpha value is -3.07. The van der Waals surface area contributed by atoms with E-state index in [0.717, 1.165) is 37.9 Å². The summed E-state index contributed by atoms with van der Waals surface area (Å²) in [5.41, 5.74) is 1.47. The van der Waals surface area contributed by atoms with Gasteiger partial charge in [0.1, 0.15) is 11.5 Å². The number of carbonyl (C=O) groups is 2. The van der Waals surface area contributed by atoms with E-state index in [-0.39, 0.29) is 36.0 Å². The summed E-state index contributed by atoms with van der Waals surface area (Å²) >= 11 is 0. The number of nitrogens with zero attached hydrogens (tertiary/aromatic N) is 4. The highest BCUT2D eigenvalue weighted by atomic mass is 19.1. The van der Waals surface area contributed by atoms with Crippen molar-refractivity contribution in [3.63, 3.8) is 0 Å². The van der Waals surface area contributed by atoms with Crippen molar-refractivity contribution in [1.82, 2.24) is 20.1 Å². The lowest BCUT2D eigenvalue weighted by Gasteiger charge is -2.36. The van der Waals surface area contributed by atoms with Crippen LogP contribution in [0.2, 0.25) is 0 Å². The maximum atomic E-state index is 13.3. The smallest absolute Gasteiger partial charge is 0.239 e. The molecule has 1 aromatic heterocycles. The minimum absolute atomic E-state index is 0.0611. The molecule has 1 unspecified atom stereocenters. The third-order valence-electron chi connectivity index (χ3n) is 6.28. The average Bonchev–Trinajstić information content (AvgIpc) is 3.09. The molecule has 32 heavy (non-hydrogen) atoms. The number of hydrogen-bond acceptors (Lipinski definition) is 6. The van der Waals surface area contributed by atoms with Crippen LogP contribution in [0.25, 0.3) is 0 Å². The predicted octanol–water partition coefficient (Wildman–Crippen LogP) is 2.77. The van der Waals surface area contributed by atoms with Crippen molar-refractivity contribution in [2.24, 2.45) is 11.8 Å². The highest BCUT2D eigenvalue weighted by molar-refractivity contribution is 5.91. The molecule has 1 fully saturated rings. The minimum atomic E-state index is -0.276. The van der Waals surface area contributed by atoms with Crippen molar-refractivity contribution in [2.45, 2.75) is 32.7 Å². The molecule has 1 saturated heterocycles. The number of benzene rings is 1. The third kappa shape index (κ3) is 5.40. The Balaban J connectivity index is 1.30. The lowest BCUT2D eigenvalue weighted by molar-refractivity contribution is -0.138. The largest absolute Gasteiger partial charge is 0.334 e. The van der Waals surface area contributed by atoms with Gasteiger partial charge in [0.15, 0.2) is 5.82 Å². The van der Waals surface area contributed by atoms with Crippen molar-refractivity contribution in [3.05, 3.63) is 53.5 Å². The van der Waals surface area contributed by atoms with E-state index in [1.807, 2.05) is 11.0 Å². The molecule has 3 heterocycles. The van der Waals surface area contributed by atoms with Crippen LogP contribution >= 0.6 is 0 Å². The Labute approximate surface area is 186 Å². The highest BCUT2D eigenvalue weighted by Gasteiger charge is 2.34. The molecule has 1 N–H and O–H groups in total. The second-order valence-corrected chi connectivity index (χ2v) is 8.52. The molecule has 2 amide bonds. The number of carbonyl (C=O) groups excluding carboxylic acids is 2. The van der Waals surface area contributed by atoms with Crippen molar-refractivity contribution in [1.29, 1.82) is 0 Å². The zero-order valence-electron chi connectivity index (χ0n) is 18.2. The molecular formula is C23H28FN5O3. The molecule has 2 aliphatic rings. The van der Waals surface area contributed by atoms with Crippen molar-refractivity contribution in [3.8, 4) is 0 Å². The van der Waals surface area contributed by atoms with Crippen LogP contribution in [0.1, 0.15) is 30.5 Å². The summed E-state index contributed by atoms with van der Waals surface area (Å²) in [6, 6.07) is 6.31. The van der Waals surface area contributed by atoms with Crippen LogP contribution in [0.15, 0.2) is 41.0 Å². The van der Waals surface area contributed by atoms with Crippen LogP contribution < -0.4 is 5.32 Å². The Bertz CT molecular complexity index is 966. The summed E-state index contributed by atoms with van der Waals surface area (Å²) in [5, 5.41) is 10.1. The number of piperidine rings is 1. The first-order valence-corrected chi connectivity index (χ1v) is 11.0. The SMILES string of the molecule is Cc1nonc1NC(=O)CN1CCC(C2CC=CCN(Cc3ccc(F)cc3)C2=O)CC1. The van der Waals surface area contributed by atoms with Gasteiger partial charge in [-0.2, -0.15) is 0 Å². The van der Waals surface area contributed by atoms with Crippen LogP contribution in [0.5, 0.6) is 0 Å². The van der Waals surface area contributed by atoms with Gasteiger partial charge in [0.2, 0.25) is 11.8 Å². The van der Waals surface area contributed by atoms with E-state index in [0.29, 0.717) is 24.6 Å². The van der Waals surface area contributed by atoms with Gasteiger partial charge in [-0.1, -0.05) is 29.4 Å². The Morgan fingerprint density at radius 3 is 2.62 bits per heavy atom. The summed E-state index contributed by atoms with van der Waals surface area (Å²) in [5.74, 6) is 0.297. The monoisotopic (exact) mass is 441 g/mol. The number of hydrogen-bond donors (Lipinski definition) is 1. The van der Waals surface area contributed by atoms with Gasteiger partial charge >= 0.3 is 0 Å². The zero-order valence-corrected chi connectivity index (χ0v) is 18.2. The van der Waals surface area contributed by atoms with Crippen LogP contribution in [-0.2, 0) is 16.1 Å². The van der Waals surface area contributed by atoms with E-state index in [4.69, 9.17) is 0 Å². The summed E-state index contributed by atoms with van der Waals surface area (Å²) < 4.78 is 17.8. The number of halogens is 1. The Morgan fingerprint density at radius 2 is 1.94 bits per heavy atom. The van der Waals surface area contributed by atoms with Gasteiger partial charge in [0, 0.05) is 19.0 Å². The van der Waals surface area contributed by atoms with E-state index >= 15 is 0 Å². The van der Waals surface area contributed by atoms with E-state index < -0.39 is 0 Å². The molecule has 1 aromatic carbocycles. The molecule has 0 aliphatic carbocycles. The number of rotatable bonds is 6. The number of allylic oxidation sites excluding steroid dienone is 1. The number of likely N-dealkylation sites (tertiary alicyclic amines) is 1. The molecule has 0 radical (unpaired) electrons. The van der Waals surface area contributed by atoms with Gasteiger partial charge in [-0.25, -0.2) is 9.02 Å². The van der Waals surface area contributed by atoms with Crippen LogP contribution in [0, 0.1) is 24.6 Å². The first-order valence-electron chi connectivity index (χ1n) is 11.0. The molecule has 9 heteroatoms. The van der Waals surface area contributed by atoms with Crippen molar-refractivity contribution in [2.75, 3.05) is 31.5 Å². The number of aromatic nitrogens is 2. The topological polar surface area (TPSA) is 91.6 Å². The van der Waals surface area contributed by atoms with Gasteiger partial charge in [-0.15, -0.1) is 0 Å². The van der Waals surface area contributed by atoms with Crippen molar-refractivity contribution >= 4 is 17.6 Å². The Morgan fingerprint density at radius 1 is 1.19 bits per heavy atom. The van der Waals surface area contributed by atoms with E-state index in [2.05, 4.69) is 31.2 Å². The number of anilines is 1. The Kier molecular flexibility index (Phi) is 6.94. The zero-order chi connectivity index (χ0) is 22.5. The average molecular weight is 442 g/mol. The predicted molar refractivity (Wildman–Crippen MR) is 116 cm³/mol. The fourth-order valence-corrected chi connectivity index (χ4v) is 4.45. The summed E-state index contributed by atoms with van der Waals surface area (Å²) in [6.07, 6.45) is 6.62. The maximum absolute atomic E-state index is 13.3. The molecule has 2 aromatic rings. The molecule has 1 atom stereocenters. The molecule has 170 valence electrons. The van der Waals surface area contributed by atoms with Gasteiger partial charge in [0.25, 0.3) is 0 Å². The highest BCUT2D eigenvalue weighted by Crippen LogP contribution is 2.31. The standard InChI is InChI=1S/C23H28FN5O3/c1-16-22(27-32-26-16)25-21(30)15-28-12-9-18(10-13-28)20-4-2-3-11-29(23(20)31)14-17-5-7-19(24)8-6-17/h2-3,5-8,18,20H,4,9-15H2,1H3,(H,25,27,30). The van der Waals surface area contributed by atoms with Gasteiger partial charge in [-0.05, 0) is 68.0 Å². The molecule has 2 aliphatic heterocycles. The molecule has 4 rings (SSSR count). The summed E-state index contributed by atoms with van der Waals surface area (Å²) in [7, 11) is 0. The van der Waals surface area contributed by atoms with Gasteiger partial charge in [0.05, 0.1) is 6.54 Å². The summed E-state index contributed by atoms with van der Waals surface area (Å²) in [4.78, 5) is 29.5. The fourth-order valence-electron chi connectivity index (χ4n) is 4.45. The van der Waals surface area contributed by atoms with Crippen molar-refractivity contribution < 1.29 is 18.6 Å². The minimum Gasteiger partial charge on any atom is -0.334 e. The number of nitrogens with one attached hydrogen (secondary N) is 1. The summed E-state index contributed by atoms with van der Waals surface area (Å²) in [6.45, 7) is 4.57. The van der Waals surface area contributed by atoms with Gasteiger partial charge in [-0.3, -0.25) is 14.5 Å². The van der Waals surface area contributed by atoms with E-state index in [9.17, 15) is 14.0 Å². The molecule has 0 spiro atoms. The molecular weight excluding hydrogens is 413 g/mol. The number of amides is 2. The second kappa shape index (κ2) is 10.0. The molecule has 0 bridgehead atoms. The molecule has 0 saturated carbocycles. The number of aryl methyl sites for hydroxylation is 1. The van der Waals surface area contributed by atoms with E-state index in [1.54, 1.807) is 19.1 Å². The van der Waals surface area contributed by atoms with Gasteiger partial charge < -0.3 is 10.2 Å². The first kappa shape index (κ1) is 22.1. The van der Waals surface area contributed by atoms with E-state index in [1.165, 1.54) is 12.1 Å². The van der Waals surface area contributed by atoms with Crippen LogP contribution in [0.4, 0.5) is 10.2 Å². The normalized spacial score (nSPS) is 20.4. The quantitative estimate of drug-likeness (QED) is 0.693. The van der Waals surface area contributed by atoms with Crippen LogP contribution in [-0.4, -0.2) is 58.1 Å². The lowest BCUT2D eigenvalue weighted by Crippen LogP contribution is -2.44. The lowest BCUT2D eigenvalue weighted by atomic mass is 9.81. The maximum Gasteiger partial charge on any atom is 0.239 e. The first-order chi connectivity index (χ1) is 15.5. The second-order valence-electron chi connectivity index (χ2n) is 8.52. The molecule has 8 nitrogen and oxygen atoms in total. The fraction of sp³-hybridized carbons (Fsp3) is 0.478. The third-order valence-corrected chi connectivity index (χ3v) is 6.28.